The standard InChI is InChI=1S/C27H34FN3O3/c1-5-15-33-19-24(32)17-30(16-20(2)3)18-26-21(4)29-31(23-9-7-6-8-10-23)27(26)34-25-13-11-22(28)12-14-25/h5-14,20,24,32H,1,15-19H2,2-4H3/t24-/m0/s1. The Balaban J connectivity index is 1.93. The Bertz CT molecular complexity index is 1040. The molecule has 0 saturated heterocycles. The number of aryl methyl sites for hydroxylation is 1. The van der Waals surface area contributed by atoms with Gasteiger partial charge in [-0.05, 0) is 49.2 Å². The number of hydrogen-bond donors (Lipinski definition) is 1. The van der Waals surface area contributed by atoms with Gasteiger partial charge < -0.3 is 14.6 Å². The van der Waals surface area contributed by atoms with Gasteiger partial charge in [-0.15, -0.1) is 6.58 Å². The molecule has 1 N–H and O–H groups in total. The molecule has 1 aromatic heterocycles. The maximum Gasteiger partial charge on any atom is 0.227 e. The van der Waals surface area contributed by atoms with Crippen LogP contribution in [0.5, 0.6) is 11.6 Å². The lowest BCUT2D eigenvalue weighted by molar-refractivity contribution is 0.0222. The van der Waals surface area contributed by atoms with E-state index in [1.807, 2.05) is 37.3 Å². The largest absolute Gasteiger partial charge is 0.439 e. The molecular formula is C27H34FN3O3. The van der Waals surface area contributed by atoms with Crippen molar-refractivity contribution in [1.29, 1.82) is 0 Å². The molecule has 0 spiro atoms. The van der Waals surface area contributed by atoms with E-state index in [0.717, 1.165) is 23.5 Å². The van der Waals surface area contributed by atoms with Gasteiger partial charge in [0.1, 0.15) is 11.6 Å². The number of aliphatic hydroxyl groups is 1. The maximum absolute atomic E-state index is 13.5. The molecule has 1 atom stereocenters. The molecule has 0 unspecified atom stereocenters. The molecule has 34 heavy (non-hydrogen) atoms. The Labute approximate surface area is 201 Å². The predicted molar refractivity (Wildman–Crippen MR) is 132 cm³/mol. The Kier molecular flexibility index (Phi) is 9.39. The number of ether oxygens (including phenoxy) is 2. The van der Waals surface area contributed by atoms with Gasteiger partial charge in [-0.1, -0.05) is 38.1 Å². The highest BCUT2D eigenvalue weighted by atomic mass is 19.1. The van der Waals surface area contributed by atoms with Crippen molar-refractivity contribution in [2.24, 2.45) is 5.92 Å². The first-order chi connectivity index (χ1) is 16.4. The summed E-state index contributed by atoms with van der Waals surface area (Å²) in [6, 6.07) is 15.7. The van der Waals surface area contributed by atoms with Crippen LogP contribution in [-0.2, 0) is 11.3 Å². The number of halogens is 1. The van der Waals surface area contributed by atoms with Gasteiger partial charge in [0.2, 0.25) is 5.88 Å². The first kappa shape index (κ1) is 25.6. The van der Waals surface area contributed by atoms with Gasteiger partial charge in [-0.2, -0.15) is 5.10 Å². The smallest absolute Gasteiger partial charge is 0.227 e. The highest BCUT2D eigenvalue weighted by molar-refractivity contribution is 5.43. The zero-order valence-electron chi connectivity index (χ0n) is 20.2. The lowest BCUT2D eigenvalue weighted by atomic mass is 10.1. The van der Waals surface area contributed by atoms with E-state index >= 15 is 0 Å². The molecule has 7 heteroatoms. The minimum absolute atomic E-state index is 0.238. The van der Waals surface area contributed by atoms with Crippen LogP contribution < -0.4 is 4.74 Å². The van der Waals surface area contributed by atoms with Crippen LogP contribution in [0.15, 0.2) is 67.3 Å². The number of para-hydroxylation sites is 1. The lowest BCUT2D eigenvalue weighted by Gasteiger charge is -2.27. The molecule has 0 fully saturated rings. The summed E-state index contributed by atoms with van der Waals surface area (Å²) in [6.07, 6.45) is 1.03. The number of nitrogens with zero attached hydrogens (tertiary/aromatic N) is 3. The molecule has 0 saturated carbocycles. The summed E-state index contributed by atoms with van der Waals surface area (Å²) in [5.41, 5.74) is 2.60. The Hall–Kier alpha value is -3.00. The fourth-order valence-corrected chi connectivity index (χ4v) is 3.77. The summed E-state index contributed by atoms with van der Waals surface area (Å²) in [5.74, 6) is 1.16. The number of hydrogen-bond acceptors (Lipinski definition) is 5. The van der Waals surface area contributed by atoms with E-state index in [2.05, 4.69) is 25.3 Å². The van der Waals surface area contributed by atoms with E-state index in [4.69, 9.17) is 14.6 Å². The van der Waals surface area contributed by atoms with Gasteiger partial charge in [-0.3, -0.25) is 4.90 Å². The third-order valence-electron chi connectivity index (χ3n) is 5.19. The summed E-state index contributed by atoms with van der Waals surface area (Å²) in [7, 11) is 0. The average Bonchev–Trinajstić information content (AvgIpc) is 3.10. The molecule has 2 aromatic carbocycles. The summed E-state index contributed by atoms with van der Waals surface area (Å²) >= 11 is 0. The van der Waals surface area contributed by atoms with E-state index in [-0.39, 0.29) is 12.4 Å². The summed E-state index contributed by atoms with van der Waals surface area (Å²) < 4.78 is 26.9. The van der Waals surface area contributed by atoms with Crippen LogP contribution in [0.2, 0.25) is 0 Å². The molecule has 0 aliphatic heterocycles. The maximum atomic E-state index is 13.5. The second-order valence-corrected chi connectivity index (χ2v) is 8.74. The topological polar surface area (TPSA) is 59.8 Å². The van der Waals surface area contributed by atoms with Crippen molar-refractivity contribution in [3.05, 3.63) is 84.3 Å². The van der Waals surface area contributed by atoms with Crippen LogP contribution in [-0.4, -0.2) is 52.2 Å². The van der Waals surface area contributed by atoms with E-state index < -0.39 is 6.10 Å². The van der Waals surface area contributed by atoms with E-state index in [9.17, 15) is 9.50 Å². The van der Waals surface area contributed by atoms with Crippen molar-refractivity contribution >= 4 is 0 Å². The molecule has 6 nitrogen and oxygen atoms in total. The zero-order valence-corrected chi connectivity index (χ0v) is 20.2. The monoisotopic (exact) mass is 467 g/mol. The first-order valence-corrected chi connectivity index (χ1v) is 11.5. The Morgan fingerprint density at radius 2 is 1.82 bits per heavy atom. The highest BCUT2D eigenvalue weighted by Crippen LogP contribution is 2.32. The molecule has 1 heterocycles. The first-order valence-electron chi connectivity index (χ1n) is 11.5. The quantitative estimate of drug-likeness (QED) is 0.279. The van der Waals surface area contributed by atoms with Gasteiger partial charge in [0.15, 0.2) is 0 Å². The van der Waals surface area contributed by atoms with E-state index in [1.165, 1.54) is 12.1 Å². The van der Waals surface area contributed by atoms with Gasteiger partial charge in [0.25, 0.3) is 0 Å². The van der Waals surface area contributed by atoms with Crippen LogP contribution in [0.25, 0.3) is 5.69 Å². The highest BCUT2D eigenvalue weighted by Gasteiger charge is 2.23. The summed E-state index contributed by atoms with van der Waals surface area (Å²) in [5, 5.41) is 15.3. The predicted octanol–water partition coefficient (Wildman–Crippen LogP) is 5.13. The van der Waals surface area contributed by atoms with Crippen LogP contribution >= 0.6 is 0 Å². The van der Waals surface area contributed by atoms with Crippen LogP contribution in [0.4, 0.5) is 4.39 Å². The molecule has 0 aliphatic rings. The second kappa shape index (κ2) is 12.5. The van der Waals surface area contributed by atoms with Gasteiger partial charge >= 0.3 is 0 Å². The molecule has 0 radical (unpaired) electrons. The SMILES string of the molecule is C=CCOC[C@@H](O)CN(Cc1c(C)nn(-c2ccccc2)c1Oc1ccc(F)cc1)CC(C)C. The molecule has 182 valence electrons. The van der Waals surface area contributed by atoms with E-state index in [0.29, 0.717) is 37.2 Å². The molecule has 0 bridgehead atoms. The Morgan fingerprint density at radius 1 is 1.12 bits per heavy atom. The molecule has 3 rings (SSSR count). The third kappa shape index (κ3) is 7.25. The van der Waals surface area contributed by atoms with Crippen LogP contribution in [0.1, 0.15) is 25.1 Å². The fraction of sp³-hybridized carbons (Fsp3) is 0.370. The number of benzene rings is 2. The van der Waals surface area contributed by atoms with Crippen molar-refractivity contribution < 1.29 is 19.0 Å². The summed E-state index contributed by atoms with van der Waals surface area (Å²) in [6.45, 7) is 12.3. The number of aromatic nitrogens is 2. The molecule has 0 amide bonds. The Morgan fingerprint density at radius 3 is 2.47 bits per heavy atom. The number of rotatable bonds is 13. The van der Waals surface area contributed by atoms with Crippen molar-refractivity contribution in [3.63, 3.8) is 0 Å². The van der Waals surface area contributed by atoms with Gasteiger partial charge in [0, 0.05) is 19.6 Å². The van der Waals surface area contributed by atoms with Crippen molar-refractivity contribution in [3.8, 4) is 17.3 Å². The molecule has 0 aliphatic carbocycles. The van der Waals surface area contributed by atoms with Crippen LogP contribution in [0.3, 0.4) is 0 Å². The molecular weight excluding hydrogens is 433 g/mol. The van der Waals surface area contributed by atoms with Crippen molar-refractivity contribution in [2.75, 3.05) is 26.3 Å². The van der Waals surface area contributed by atoms with Gasteiger partial charge in [-0.25, -0.2) is 9.07 Å². The number of aliphatic hydroxyl groups excluding tert-OH is 1. The minimum Gasteiger partial charge on any atom is -0.439 e. The van der Waals surface area contributed by atoms with E-state index in [1.54, 1.807) is 22.9 Å². The summed E-state index contributed by atoms with van der Waals surface area (Å²) in [4.78, 5) is 2.18. The van der Waals surface area contributed by atoms with Crippen LogP contribution in [0, 0.1) is 18.7 Å². The minimum atomic E-state index is -0.635. The lowest BCUT2D eigenvalue weighted by Crippen LogP contribution is -2.37. The van der Waals surface area contributed by atoms with Crippen molar-refractivity contribution in [1.82, 2.24) is 14.7 Å². The second-order valence-electron chi connectivity index (χ2n) is 8.74. The molecule has 3 aromatic rings. The van der Waals surface area contributed by atoms with Gasteiger partial charge in [0.05, 0.1) is 36.3 Å². The average molecular weight is 468 g/mol. The van der Waals surface area contributed by atoms with Crippen molar-refractivity contribution in [2.45, 2.75) is 33.4 Å². The zero-order chi connectivity index (χ0) is 24.5. The fourth-order valence-electron chi connectivity index (χ4n) is 3.77. The normalized spacial score (nSPS) is 12.3. The third-order valence-corrected chi connectivity index (χ3v) is 5.19.